The first-order valence-corrected chi connectivity index (χ1v) is 4.22. The molecule has 0 spiro atoms. The number of carbonyl (C=O) groups is 1. The summed E-state index contributed by atoms with van der Waals surface area (Å²) in [5.74, 6) is -0.151. The first kappa shape index (κ1) is 9.26. The van der Waals surface area contributed by atoms with Gasteiger partial charge in [-0.05, 0) is 19.3 Å². The molecule has 3 heteroatoms. The van der Waals surface area contributed by atoms with Gasteiger partial charge in [0.2, 0.25) is 0 Å². The van der Waals surface area contributed by atoms with Crippen molar-refractivity contribution in [3.63, 3.8) is 0 Å². The molecular formula is C9H15NO2. The van der Waals surface area contributed by atoms with Crippen molar-refractivity contribution in [1.29, 1.82) is 0 Å². The van der Waals surface area contributed by atoms with Crippen LogP contribution in [0, 0.1) is 0 Å². The van der Waals surface area contributed by atoms with Crippen LogP contribution in [0.4, 0.5) is 0 Å². The normalized spacial score (nSPS) is 28.4. The molecule has 0 bridgehead atoms. The Morgan fingerprint density at radius 3 is 3.08 bits per heavy atom. The number of ether oxygens (including phenoxy) is 1. The second-order valence-corrected chi connectivity index (χ2v) is 3.04. The van der Waals surface area contributed by atoms with Gasteiger partial charge in [0, 0.05) is 6.04 Å². The Hall–Kier alpha value is -0.830. The van der Waals surface area contributed by atoms with Gasteiger partial charge in [-0.15, -0.1) is 6.58 Å². The molecule has 68 valence electrons. The molecule has 1 rings (SSSR count). The zero-order valence-corrected chi connectivity index (χ0v) is 7.38. The summed E-state index contributed by atoms with van der Waals surface area (Å²) < 4.78 is 4.63. The summed E-state index contributed by atoms with van der Waals surface area (Å²) in [6.07, 6.45) is 4.71. The SMILES string of the molecule is C=CCC1CC[C@@H](C(=O)OC)N1. The van der Waals surface area contributed by atoms with E-state index in [0.29, 0.717) is 6.04 Å². The van der Waals surface area contributed by atoms with Gasteiger partial charge in [-0.3, -0.25) is 4.79 Å². The smallest absolute Gasteiger partial charge is 0.322 e. The fourth-order valence-electron chi connectivity index (χ4n) is 1.53. The van der Waals surface area contributed by atoms with Crippen LogP contribution in [-0.4, -0.2) is 25.2 Å². The number of rotatable bonds is 3. The van der Waals surface area contributed by atoms with Gasteiger partial charge < -0.3 is 10.1 Å². The van der Waals surface area contributed by atoms with Crippen molar-refractivity contribution in [2.45, 2.75) is 31.3 Å². The lowest BCUT2D eigenvalue weighted by Gasteiger charge is -2.10. The molecule has 0 amide bonds. The third-order valence-corrected chi connectivity index (χ3v) is 2.18. The molecule has 1 unspecified atom stereocenters. The molecule has 2 atom stereocenters. The summed E-state index contributed by atoms with van der Waals surface area (Å²) in [5, 5.41) is 3.20. The molecule has 1 N–H and O–H groups in total. The predicted octanol–water partition coefficient (Wildman–Crippen LogP) is 0.856. The lowest BCUT2D eigenvalue weighted by molar-refractivity contribution is -0.142. The molecule has 0 aliphatic carbocycles. The highest BCUT2D eigenvalue weighted by Crippen LogP contribution is 2.15. The lowest BCUT2D eigenvalue weighted by atomic mass is 10.1. The zero-order valence-electron chi connectivity index (χ0n) is 7.38. The van der Waals surface area contributed by atoms with Crippen molar-refractivity contribution in [3.8, 4) is 0 Å². The van der Waals surface area contributed by atoms with Crippen LogP contribution in [-0.2, 0) is 9.53 Å². The minimum absolute atomic E-state index is 0.0973. The van der Waals surface area contributed by atoms with Crippen LogP contribution >= 0.6 is 0 Å². The fourth-order valence-corrected chi connectivity index (χ4v) is 1.53. The maximum Gasteiger partial charge on any atom is 0.322 e. The highest BCUT2D eigenvalue weighted by atomic mass is 16.5. The van der Waals surface area contributed by atoms with Gasteiger partial charge in [0.1, 0.15) is 6.04 Å². The van der Waals surface area contributed by atoms with Crippen LogP contribution in [0.2, 0.25) is 0 Å². The largest absolute Gasteiger partial charge is 0.468 e. The van der Waals surface area contributed by atoms with Crippen molar-refractivity contribution in [2.24, 2.45) is 0 Å². The van der Waals surface area contributed by atoms with Crippen molar-refractivity contribution in [1.82, 2.24) is 5.32 Å². The van der Waals surface area contributed by atoms with E-state index in [-0.39, 0.29) is 12.0 Å². The summed E-state index contributed by atoms with van der Waals surface area (Å²) in [6, 6.07) is 0.312. The second-order valence-electron chi connectivity index (χ2n) is 3.04. The molecule has 0 aromatic heterocycles. The molecular weight excluding hydrogens is 154 g/mol. The number of methoxy groups -OCH3 is 1. The quantitative estimate of drug-likeness (QED) is 0.503. The number of hydrogen-bond donors (Lipinski definition) is 1. The van der Waals surface area contributed by atoms with E-state index in [1.54, 1.807) is 0 Å². The van der Waals surface area contributed by atoms with E-state index in [2.05, 4.69) is 16.6 Å². The van der Waals surface area contributed by atoms with E-state index in [1.807, 2.05) is 6.08 Å². The summed E-state index contributed by atoms with van der Waals surface area (Å²) in [5.41, 5.74) is 0. The number of hydrogen-bond acceptors (Lipinski definition) is 3. The number of esters is 1. The van der Waals surface area contributed by atoms with Gasteiger partial charge in [0.15, 0.2) is 0 Å². The van der Waals surface area contributed by atoms with Crippen molar-refractivity contribution in [2.75, 3.05) is 7.11 Å². The van der Waals surface area contributed by atoms with E-state index >= 15 is 0 Å². The Morgan fingerprint density at radius 1 is 1.75 bits per heavy atom. The van der Waals surface area contributed by atoms with Crippen molar-refractivity contribution in [3.05, 3.63) is 12.7 Å². The average molecular weight is 169 g/mol. The minimum atomic E-state index is -0.151. The second kappa shape index (κ2) is 4.26. The standard InChI is InChI=1S/C9H15NO2/c1-3-4-7-5-6-8(10-7)9(11)12-2/h3,7-8,10H,1,4-6H2,2H3/t7?,8-/m0/s1. The van der Waals surface area contributed by atoms with E-state index in [4.69, 9.17) is 0 Å². The topological polar surface area (TPSA) is 38.3 Å². The van der Waals surface area contributed by atoms with Crippen LogP contribution in [0.1, 0.15) is 19.3 Å². The minimum Gasteiger partial charge on any atom is -0.468 e. The van der Waals surface area contributed by atoms with E-state index in [9.17, 15) is 4.79 Å². The zero-order chi connectivity index (χ0) is 8.97. The average Bonchev–Trinajstić information content (AvgIpc) is 2.52. The Kier molecular flexibility index (Phi) is 3.29. The Morgan fingerprint density at radius 2 is 2.50 bits per heavy atom. The highest BCUT2D eigenvalue weighted by Gasteiger charge is 2.28. The third-order valence-electron chi connectivity index (χ3n) is 2.18. The van der Waals surface area contributed by atoms with Gasteiger partial charge in [-0.2, -0.15) is 0 Å². The summed E-state index contributed by atoms with van der Waals surface area (Å²) in [6.45, 7) is 3.66. The lowest BCUT2D eigenvalue weighted by Crippen LogP contribution is -2.35. The Bertz CT molecular complexity index is 179. The highest BCUT2D eigenvalue weighted by molar-refractivity contribution is 5.76. The number of nitrogens with one attached hydrogen (secondary N) is 1. The van der Waals surface area contributed by atoms with E-state index in [0.717, 1.165) is 19.3 Å². The molecule has 1 fully saturated rings. The van der Waals surface area contributed by atoms with E-state index < -0.39 is 0 Å². The van der Waals surface area contributed by atoms with Crippen LogP contribution in [0.25, 0.3) is 0 Å². The maximum absolute atomic E-state index is 11.1. The van der Waals surface area contributed by atoms with Crippen molar-refractivity contribution >= 4 is 5.97 Å². The van der Waals surface area contributed by atoms with Gasteiger partial charge in [0.05, 0.1) is 7.11 Å². The molecule has 12 heavy (non-hydrogen) atoms. The molecule has 1 aliphatic heterocycles. The first-order valence-electron chi connectivity index (χ1n) is 4.22. The summed E-state index contributed by atoms with van der Waals surface area (Å²) >= 11 is 0. The predicted molar refractivity (Wildman–Crippen MR) is 46.8 cm³/mol. The monoisotopic (exact) mass is 169 g/mol. The molecule has 1 heterocycles. The molecule has 0 radical (unpaired) electrons. The van der Waals surface area contributed by atoms with Crippen LogP contribution < -0.4 is 5.32 Å². The summed E-state index contributed by atoms with van der Waals surface area (Å²) in [4.78, 5) is 11.1. The van der Waals surface area contributed by atoms with Crippen LogP contribution in [0.5, 0.6) is 0 Å². The van der Waals surface area contributed by atoms with Gasteiger partial charge in [0.25, 0.3) is 0 Å². The molecule has 3 nitrogen and oxygen atoms in total. The van der Waals surface area contributed by atoms with Gasteiger partial charge in [-0.25, -0.2) is 0 Å². The summed E-state index contributed by atoms with van der Waals surface area (Å²) in [7, 11) is 1.42. The van der Waals surface area contributed by atoms with Crippen LogP contribution in [0.3, 0.4) is 0 Å². The number of carbonyl (C=O) groups excluding carboxylic acids is 1. The molecule has 0 aromatic rings. The van der Waals surface area contributed by atoms with Crippen LogP contribution in [0.15, 0.2) is 12.7 Å². The molecule has 1 saturated heterocycles. The third kappa shape index (κ3) is 2.08. The van der Waals surface area contributed by atoms with Crippen molar-refractivity contribution < 1.29 is 9.53 Å². The van der Waals surface area contributed by atoms with E-state index in [1.165, 1.54) is 7.11 Å². The van der Waals surface area contributed by atoms with Gasteiger partial charge in [-0.1, -0.05) is 6.08 Å². The maximum atomic E-state index is 11.1. The Labute approximate surface area is 72.8 Å². The molecule has 0 aromatic carbocycles. The van der Waals surface area contributed by atoms with Gasteiger partial charge >= 0.3 is 5.97 Å². The fraction of sp³-hybridized carbons (Fsp3) is 0.667. The molecule has 1 aliphatic rings. The Balaban J connectivity index is 2.34. The molecule has 0 saturated carbocycles. The first-order chi connectivity index (χ1) is 5.77.